The van der Waals surface area contributed by atoms with Crippen molar-refractivity contribution in [3.8, 4) is 0 Å². The van der Waals surface area contributed by atoms with Crippen molar-refractivity contribution in [2.75, 3.05) is 18.1 Å². The van der Waals surface area contributed by atoms with Crippen molar-refractivity contribution < 1.29 is 12.8 Å². The third kappa shape index (κ3) is 4.67. The van der Waals surface area contributed by atoms with E-state index >= 15 is 0 Å². The predicted octanol–water partition coefficient (Wildman–Crippen LogP) is 2.11. The van der Waals surface area contributed by atoms with Gasteiger partial charge in [0.15, 0.2) is 0 Å². The molecule has 0 saturated carbocycles. The van der Waals surface area contributed by atoms with Crippen LogP contribution in [0.5, 0.6) is 0 Å². The third-order valence-electron chi connectivity index (χ3n) is 3.35. The van der Waals surface area contributed by atoms with E-state index in [1.807, 2.05) is 6.92 Å². The molecule has 1 aromatic rings. The molecular weight excluding hydrogens is 311 g/mol. The maximum absolute atomic E-state index is 14.1. The predicted molar refractivity (Wildman–Crippen MR) is 84.4 cm³/mol. The van der Waals surface area contributed by atoms with E-state index in [9.17, 15) is 12.8 Å². The van der Waals surface area contributed by atoms with Gasteiger partial charge in [-0.05, 0) is 42.8 Å². The highest BCUT2D eigenvalue weighted by atomic mass is 32.2. The lowest BCUT2D eigenvalue weighted by Gasteiger charge is -2.22. The maximum atomic E-state index is 14.1. The molecule has 118 valence electrons. The summed E-state index contributed by atoms with van der Waals surface area (Å²) in [7, 11) is -3.79. The van der Waals surface area contributed by atoms with Gasteiger partial charge in [0.05, 0.1) is 0 Å². The van der Waals surface area contributed by atoms with Crippen LogP contribution in [0.2, 0.25) is 0 Å². The highest BCUT2D eigenvalue weighted by molar-refractivity contribution is 7.99. The molecule has 0 bridgehead atoms. The van der Waals surface area contributed by atoms with E-state index in [1.165, 1.54) is 12.1 Å². The fourth-order valence-electron chi connectivity index (χ4n) is 2.26. The molecule has 2 rings (SSSR count). The first-order valence-corrected chi connectivity index (χ1v) is 9.76. The van der Waals surface area contributed by atoms with E-state index in [1.54, 1.807) is 17.8 Å². The molecular formula is C14H21FN2O2S2. The highest BCUT2D eigenvalue weighted by Gasteiger charge is 2.24. The van der Waals surface area contributed by atoms with E-state index in [0.717, 1.165) is 36.5 Å². The summed E-state index contributed by atoms with van der Waals surface area (Å²) >= 11 is 1.73. The Morgan fingerprint density at radius 3 is 2.86 bits per heavy atom. The number of sulfonamides is 1. The minimum Gasteiger partial charge on any atom is -0.313 e. The van der Waals surface area contributed by atoms with Gasteiger partial charge in [0, 0.05) is 18.3 Å². The fraction of sp³-hybridized carbons (Fsp3) is 0.571. The van der Waals surface area contributed by atoms with Crippen LogP contribution in [0.3, 0.4) is 0 Å². The number of halogens is 1. The molecule has 0 amide bonds. The first kappa shape index (κ1) is 16.7. The van der Waals surface area contributed by atoms with Gasteiger partial charge in [-0.2, -0.15) is 11.8 Å². The van der Waals surface area contributed by atoms with Gasteiger partial charge >= 0.3 is 0 Å². The Labute approximate surface area is 129 Å². The van der Waals surface area contributed by atoms with Crippen LogP contribution in [0.4, 0.5) is 4.39 Å². The number of benzene rings is 1. The largest absolute Gasteiger partial charge is 0.313 e. The van der Waals surface area contributed by atoms with Crippen molar-refractivity contribution >= 4 is 21.8 Å². The Balaban J connectivity index is 2.11. The summed E-state index contributed by atoms with van der Waals surface area (Å²) < 4.78 is 41.2. The molecule has 1 saturated heterocycles. The van der Waals surface area contributed by atoms with Crippen LogP contribution < -0.4 is 10.0 Å². The first-order valence-electron chi connectivity index (χ1n) is 7.12. The molecule has 1 aromatic carbocycles. The van der Waals surface area contributed by atoms with Crippen LogP contribution in [0, 0.1) is 5.82 Å². The molecule has 0 spiro atoms. The zero-order chi connectivity index (χ0) is 15.3. The van der Waals surface area contributed by atoms with Crippen LogP contribution in [-0.2, 0) is 16.6 Å². The van der Waals surface area contributed by atoms with Crippen LogP contribution in [0.15, 0.2) is 23.1 Å². The molecule has 1 atom stereocenters. The fourth-order valence-corrected chi connectivity index (χ4v) is 4.77. The first-order chi connectivity index (χ1) is 10.0. The van der Waals surface area contributed by atoms with Gasteiger partial charge in [-0.3, -0.25) is 0 Å². The molecule has 0 radical (unpaired) electrons. The summed E-state index contributed by atoms with van der Waals surface area (Å²) in [4.78, 5) is -0.265. The van der Waals surface area contributed by atoms with Gasteiger partial charge in [-0.1, -0.05) is 13.0 Å². The number of hydrogen-bond acceptors (Lipinski definition) is 4. The van der Waals surface area contributed by atoms with E-state index in [0.29, 0.717) is 6.54 Å². The monoisotopic (exact) mass is 332 g/mol. The zero-order valence-electron chi connectivity index (χ0n) is 12.1. The van der Waals surface area contributed by atoms with Crippen LogP contribution in [0.25, 0.3) is 0 Å². The normalized spacial score (nSPS) is 19.6. The van der Waals surface area contributed by atoms with Gasteiger partial charge < -0.3 is 5.32 Å². The topological polar surface area (TPSA) is 58.2 Å². The van der Waals surface area contributed by atoms with E-state index in [-0.39, 0.29) is 10.9 Å². The minimum atomic E-state index is -3.79. The summed E-state index contributed by atoms with van der Waals surface area (Å²) in [6.45, 7) is 3.27. The molecule has 0 aliphatic carbocycles. The number of nitrogens with one attached hydrogen (secondary N) is 2. The Bertz CT molecular complexity index is 572. The van der Waals surface area contributed by atoms with Crippen molar-refractivity contribution in [3.63, 3.8) is 0 Å². The van der Waals surface area contributed by atoms with Crippen molar-refractivity contribution in [3.05, 3.63) is 29.6 Å². The van der Waals surface area contributed by atoms with Crippen molar-refractivity contribution in [2.45, 2.75) is 37.2 Å². The van der Waals surface area contributed by atoms with E-state index in [4.69, 9.17) is 0 Å². The lowest BCUT2D eigenvalue weighted by molar-refractivity contribution is 0.530. The lowest BCUT2D eigenvalue weighted by Crippen LogP contribution is -2.38. The minimum absolute atomic E-state index is 0.102. The smallest absolute Gasteiger partial charge is 0.243 e. The van der Waals surface area contributed by atoms with Gasteiger partial charge in [0.1, 0.15) is 10.7 Å². The Morgan fingerprint density at radius 1 is 1.43 bits per heavy atom. The van der Waals surface area contributed by atoms with Crippen LogP contribution >= 0.6 is 11.8 Å². The Morgan fingerprint density at radius 2 is 2.24 bits per heavy atom. The average molecular weight is 332 g/mol. The highest BCUT2D eigenvalue weighted by Crippen LogP contribution is 2.21. The number of thioether (sulfide) groups is 1. The standard InChI is InChI=1S/C14H21FN2O2S2/c1-2-16-9-11-5-6-14(13(15)8-11)21(18,19)17-12-4-3-7-20-10-12/h5-6,8,12,16-17H,2-4,7,9-10H2,1H3. The molecule has 4 nitrogen and oxygen atoms in total. The van der Waals surface area contributed by atoms with Crippen molar-refractivity contribution in [2.24, 2.45) is 0 Å². The molecule has 1 aliphatic heterocycles. The molecule has 1 unspecified atom stereocenters. The molecule has 1 aliphatic rings. The van der Waals surface area contributed by atoms with E-state index < -0.39 is 15.8 Å². The molecule has 2 N–H and O–H groups in total. The van der Waals surface area contributed by atoms with Gasteiger partial charge in [0.2, 0.25) is 10.0 Å². The molecule has 7 heteroatoms. The Hall–Kier alpha value is -0.630. The second-order valence-electron chi connectivity index (χ2n) is 5.08. The molecule has 0 aromatic heterocycles. The van der Waals surface area contributed by atoms with Crippen molar-refractivity contribution in [1.29, 1.82) is 0 Å². The van der Waals surface area contributed by atoms with Crippen LogP contribution in [-0.4, -0.2) is 32.5 Å². The number of hydrogen-bond donors (Lipinski definition) is 2. The van der Waals surface area contributed by atoms with Gasteiger partial charge in [0.25, 0.3) is 0 Å². The third-order valence-corrected chi connectivity index (χ3v) is 6.12. The molecule has 1 heterocycles. The second kappa shape index (κ2) is 7.58. The average Bonchev–Trinajstić information content (AvgIpc) is 2.45. The van der Waals surface area contributed by atoms with E-state index in [2.05, 4.69) is 10.0 Å². The summed E-state index contributed by atoms with van der Waals surface area (Å²) in [5.41, 5.74) is 0.738. The summed E-state index contributed by atoms with van der Waals surface area (Å²) in [6.07, 6.45) is 1.80. The van der Waals surface area contributed by atoms with Gasteiger partial charge in [-0.25, -0.2) is 17.5 Å². The summed E-state index contributed by atoms with van der Waals surface area (Å²) in [5, 5.41) is 3.08. The number of rotatable bonds is 6. The molecule has 1 fully saturated rings. The maximum Gasteiger partial charge on any atom is 0.243 e. The Kier molecular flexibility index (Phi) is 6.04. The van der Waals surface area contributed by atoms with Gasteiger partial charge in [-0.15, -0.1) is 0 Å². The van der Waals surface area contributed by atoms with Crippen LogP contribution in [0.1, 0.15) is 25.3 Å². The second-order valence-corrected chi connectivity index (χ2v) is 7.91. The molecule has 21 heavy (non-hydrogen) atoms. The summed E-state index contributed by atoms with van der Waals surface area (Å²) in [5.74, 6) is 1.12. The quantitative estimate of drug-likeness (QED) is 0.838. The lowest BCUT2D eigenvalue weighted by atomic mass is 10.2. The van der Waals surface area contributed by atoms with Crippen molar-refractivity contribution in [1.82, 2.24) is 10.0 Å². The summed E-state index contributed by atoms with van der Waals surface area (Å²) in [6, 6.07) is 4.18. The zero-order valence-corrected chi connectivity index (χ0v) is 13.7. The SMILES string of the molecule is CCNCc1ccc(S(=O)(=O)NC2CCCSC2)c(F)c1.